The fourth-order valence-electron chi connectivity index (χ4n) is 2.94. The molecule has 0 unspecified atom stereocenters. The predicted molar refractivity (Wildman–Crippen MR) is 69.9 cm³/mol. The number of aliphatic carboxylic acids is 1. The monoisotopic (exact) mass is 274 g/mol. The van der Waals surface area contributed by atoms with Crippen LogP contribution in [0.25, 0.3) is 0 Å². The van der Waals surface area contributed by atoms with Crippen LogP contribution in [0.4, 0.5) is 5.69 Å². The lowest BCUT2D eigenvalue weighted by molar-refractivity contribution is -0.146. The second kappa shape index (κ2) is 4.42. The molecule has 0 aromatic carbocycles. The van der Waals surface area contributed by atoms with Crippen LogP contribution in [0.15, 0.2) is 36.7 Å². The molecule has 1 aromatic rings. The van der Waals surface area contributed by atoms with Gasteiger partial charge in [-0.3, -0.25) is 14.6 Å². The Balaban J connectivity index is 1.86. The number of nitrogens with zero attached hydrogens (tertiary/aromatic N) is 1. The van der Waals surface area contributed by atoms with Crippen molar-refractivity contribution in [2.45, 2.75) is 18.6 Å². The van der Waals surface area contributed by atoms with E-state index in [2.05, 4.69) is 10.3 Å². The fraction of sp³-hybridized carbons (Fsp3) is 0.357. The van der Waals surface area contributed by atoms with Crippen LogP contribution in [-0.2, 0) is 14.3 Å². The summed E-state index contributed by atoms with van der Waals surface area (Å²) in [7, 11) is 0. The van der Waals surface area contributed by atoms with Gasteiger partial charge in [0.05, 0.1) is 29.5 Å². The third-order valence-corrected chi connectivity index (χ3v) is 3.83. The van der Waals surface area contributed by atoms with Crippen molar-refractivity contribution < 1.29 is 19.4 Å². The summed E-state index contributed by atoms with van der Waals surface area (Å²) in [4.78, 5) is 27.7. The molecular weight excluding hydrogens is 260 g/mol. The molecule has 1 aromatic heterocycles. The topological polar surface area (TPSA) is 88.5 Å². The van der Waals surface area contributed by atoms with Gasteiger partial charge in [-0.15, -0.1) is 0 Å². The van der Waals surface area contributed by atoms with Crippen molar-refractivity contribution in [1.29, 1.82) is 0 Å². The lowest BCUT2D eigenvalue weighted by atomic mass is 9.75. The minimum absolute atomic E-state index is 0.361. The zero-order valence-electron chi connectivity index (χ0n) is 10.8. The van der Waals surface area contributed by atoms with Gasteiger partial charge in [0.1, 0.15) is 5.92 Å². The van der Waals surface area contributed by atoms with Crippen LogP contribution in [0.1, 0.15) is 6.92 Å². The number of nitrogens with one attached hydrogen (secondary N) is 1. The van der Waals surface area contributed by atoms with E-state index >= 15 is 0 Å². The fourth-order valence-corrected chi connectivity index (χ4v) is 2.94. The van der Waals surface area contributed by atoms with Crippen molar-refractivity contribution in [3.05, 3.63) is 36.7 Å². The van der Waals surface area contributed by atoms with E-state index < -0.39 is 29.5 Å². The van der Waals surface area contributed by atoms with Crippen molar-refractivity contribution in [1.82, 2.24) is 4.98 Å². The van der Waals surface area contributed by atoms with Crippen LogP contribution < -0.4 is 5.32 Å². The lowest BCUT2D eigenvalue weighted by Gasteiger charge is -2.27. The molecule has 0 aliphatic carbocycles. The van der Waals surface area contributed by atoms with Crippen LogP contribution in [-0.4, -0.2) is 33.7 Å². The van der Waals surface area contributed by atoms with Gasteiger partial charge < -0.3 is 15.2 Å². The minimum Gasteiger partial charge on any atom is -0.481 e. The number of carboxylic acids is 1. The molecule has 1 amide bonds. The summed E-state index contributed by atoms with van der Waals surface area (Å²) in [5.41, 5.74) is -0.322. The van der Waals surface area contributed by atoms with Gasteiger partial charge >= 0.3 is 5.97 Å². The average molecular weight is 274 g/mol. The Bertz CT molecular complexity index is 586. The summed E-state index contributed by atoms with van der Waals surface area (Å²) in [5, 5.41) is 12.0. The number of amides is 1. The van der Waals surface area contributed by atoms with Crippen LogP contribution in [0.3, 0.4) is 0 Å². The number of fused-ring (bicyclic) bond motifs is 2. The Morgan fingerprint density at radius 1 is 1.50 bits per heavy atom. The summed E-state index contributed by atoms with van der Waals surface area (Å²) >= 11 is 0. The van der Waals surface area contributed by atoms with E-state index in [1.54, 1.807) is 37.4 Å². The number of hydrogen-bond donors (Lipinski definition) is 2. The van der Waals surface area contributed by atoms with Gasteiger partial charge in [-0.1, -0.05) is 12.2 Å². The molecule has 1 fully saturated rings. The highest BCUT2D eigenvalue weighted by Crippen LogP contribution is 2.47. The Hall–Kier alpha value is -2.21. The number of carboxylic acid groups (broad SMARTS) is 1. The Morgan fingerprint density at radius 2 is 2.30 bits per heavy atom. The van der Waals surface area contributed by atoms with Gasteiger partial charge in [-0.2, -0.15) is 0 Å². The van der Waals surface area contributed by atoms with Gasteiger partial charge in [-0.25, -0.2) is 0 Å². The molecular formula is C14H14N2O4. The first kappa shape index (κ1) is 12.8. The number of ether oxygens (including phenoxy) is 1. The Kier molecular flexibility index (Phi) is 2.83. The van der Waals surface area contributed by atoms with Crippen LogP contribution >= 0.6 is 0 Å². The van der Waals surface area contributed by atoms with Crippen molar-refractivity contribution in [3.63, 3.8) is 0 Å². The highest BCUT2D eigenvalue weighted by molar-refractivity contribution is 5.97. The summed E-state index contributed by atoms with van der Waals surface area (Å²) in [5.74, 6) is -2.99. The van der Waals surface area contributed by atoms with Gasteiger partial charge in [0.15, 0.2) is 0 Å². The normalized spacial score (nSPS) is 34.1. The molecule has 2 N–H and O–H groups in total. The van der Waals surface area contributed by atoms with E-state index in [1.807, 2.05) is 0 Å². The van der Waals surface area contributed by atoms with Gasteiger partial charge in [0.2, 0.25) is 5.91 Å². The van der Waals surface area contributed by atoms with E-state index in [9.17, 15) is 14.7 Å². The van der Waals surface area contributed by atoms with E-state index in [1.165, 1.54) is 6.20 Å². The summed E-state index contributed by atoms with van der Waals surface area (Å²) < 4.78 is 5.64. The molecule has 6 nitrogen and oxygen atoms in total. The number of carbonyl (C=O) groups excluding carboxylic acids is 1. The molecule has 6 heteroatoms. The number of carbonyl (C=O) groups is 2. The smallest absolute Gasteiger partial charge is 0.310 e. The van der Waals surface area contributed by atoms with Crippen molar-refractivity contribution >= 4 is 17.6 Å². The number of aromatic nitrogens is 1. The third-order valence-electron chi connectivity index (χ3n) is 3.83. The summed E-state index contributed by atoms with van der Waals surface area (Å²) in [6, 6.07) is 3.40. The number of anilines is 1. The maximum atomic E-state index is 12.4. The maximum Gasteiger partial charge on any atom is 0.310 e. The quantitative estimate of drug-likeness (QED) is 0.805. The molecule has 4 atom stereocenters. The number of hydrogen-bond acceptors (Lipinski definition) is 4. The first-order chi connectivity index (χ1) is 9.51. The molecule has 1 saturated heterocycles. The molecule has 104 valence electrons. The van der Waals surface area contributed by atoms with Gasteiger partial charge in [-0.05, 0) is 19.1 Å². The van der Waals surface area contributed by atoms with Crippen molar-refractivity contribution in [2.24, 2.45) is 11.8 Å². The van der Waals surface area contributed by atoms with Crippen LogP contribution in [0.5, 0.6) is 0 Å². The zero-order valence-corrected chi connectivity index (χ0v) is 10.8. The molecule has 2 bridgehead atoms. The molecule has 3 rings (SSSR count). The first-order valence-corrected chi connectivity index (χ1v) is 6.32. The van der Waals surface area contributed by atoms with E-state index in [0.717, 1.165) is 0 Å². The average Bonchev–Trinajstić information content (AvgIpc) is 2.92. The summed E-state index contributed by atoms with van der Waals surface area (Å²) in [6.45, 7) is 1.74. The molecule has 2 aliphatic rings. The Labute approximate surface area is 115 Å². The van der Waals surface area contributed by atoms with Crippen molar-refractivity contribution in [3.8, 4) is 0 Å². The van der Waals surface area contributed by atoms with E-state index in [-0.39, 0.29) is 5.91 Å². The molecule has 0 saturated carbocycles. The highest BCUT2D eigenvalue weighted by atomic mass is 16.5. The van der Waals surface area contributed by atoms with E-state index in [0.29, 0.717) is 5.69 Å². The largest absolute Gasteiger partial charge is 0.481 e. The zero-order chi connectivity index (χ0) is 14.3. The SMILES string of the molecule is C[C@@]12C=C[C@@H](O1)[C@@H](C(=O)O)[C@@H]2C(=O)Nc1cccnc1. The first-order valence-electron chi connectivity index (χ1n) is 6.32. The molecule has 20 heavy (non-hydrogen) atoms. The molecule has 2 aliphatic heterocycles. The minimum atomic E-state index is -1.02. The second-order valence-electron chi connectivity index (χ2n) is 5.20. The van der Waals surface area contributed by atoms with Gasteiger partial charge in [0.25, 0.3) is 0 Å². The lowest BCUT2D eigenvalue weighted by Crippen LogP contribution is -2.44. The number of pyridine rings is 1. The van der Waals surface area contributed by atoms with Crippen LogP contribution in [0.2, 0.25) is 0 Å². The third kappa shape index (κ3) is 1.89. The summed E-state index contributed by atoms with van der Waals surface area (Å²) in [6.07, 6.45) is 6.06. The molecule has 0 radical (unpaired) electrons. The molecule has 0 spiro atoms. The van der Waals surface area contributed by atoms with E-state index in [4.69, 9.17) is 4.74 Å². The number of rotatable bonds is 3. The Morgan fingerprint density at radius 3 is 2.95 bits per heavy atom. The standard InChI is InChI=1S/C14H14N2O4/c1-14-5-4-9(20-14)10(13(18)19)11(14)12(17)16-8-3-2-6-15-7-8/h2-7,9-11H,1H3,(H,16,17)(H,18,19)/t9-,10-,11-,14+/m1/s1. The maximum absolute atomic E-state index is 12.4. The van der Waals surface area contributed by atoms with Crippen molar-refractivity contribution in [2.75, 3.05) is 5.32 Å². The van der Waals surface area contributed by atoms with Gasteiger partial charge in [0, 0.05) is 6.20 Å². The highest BCUT2D eigenvalue weighted by Gasteiger charge is 2.59. The second-order valence-corrected chi connectivity index (χ2v) is 5.20. The molecule has 3 heterocycles. The predicted octanol–water partition coefficient (Wildman–Crippen LogP) is 1.06. The van der Waals surface area contributed by atoms with Crippen LogP contribution in [0, 0.1) is 11.8 Å².